The molecule has 0 fully saturated rings. The Morgan fingerprint density at radius 1 is 0.481 bits per heavy atom. The Bertz CT molecular complexity index is 2580. The number of hydrogen-bond donors (Lipinski definition) is 0. The van der Waals surface area contributed by atoms with Gasteiger partial charge in [-0.1, -0.05) is 152 Å². The van der Waals surface area contributed by atoms with Crippen molar-refractivity contribution in [3.8, 4) is 22.5 Å². The SMILES string of the molecule is C[Si](C)(C)c1ccnc(-c2[c-]ccc3c2oc2c4ccc([Si](C)(c5ccccc5)c5ccccc5)cc4ccc32)c1.[Ir].[c-]1ccccc1-c1ccccn1. The van der Waals surface area contributed by atoms with Crippen molar-refractivity contribution in [2.24, 2.45) is 0 Å². The molecule has 0 amide bonds. The molecule has 6 heteroatoms. The summed E-state index contributed by atoms with van der Waals surface area (Å²) in [5, 5.41) is 10.1. The van der Waals surface area contributed by atoms with Gasteiger partial charge in [0.2, 0.25) is 0 Å². The maximum absolute atomic E-state index is 6.72. The van der Waals surface area contributed by atoms with Gasteiger partial charge in [0.05, 0.1) is 13.7 Å². The molecule has 0 aliphatic carbocycles. The average Bonchev–Trinajstić information content (AvgIpc) is 3.61. The van der Waals surface area contributed by atoms with E-state index >= 15 is 0 Å². The van der Waals surface area contributed by atoms with E-state index < -0.39 is 16.1 Å². The Morgan fingerprint density at radius 2 is 1.15 bits per heavy atom. The second kappa shape index (κ2) is 15.6. The maximum Gasteiger partial charge on any atom is 0.145 e. The van der Waals surface area contributed by atoms with E-state index in [0.29, 0.717) is 0 Å². The van der Waals surface area contributed by atoms with Gasteiger partial charge in [0.1, 0.15) is 13.7 Å². The van der Waals surface area contributed by atoms with Crippen molar-refractivity contribution in [2.75, 3.05) is 0 Å². The van der Waals surface area contributed by atoms with Crippen LogP contribution in [0.3, 0.4) is 0 Å². The maximum atomic E-state index is 6.72. The molecule has 0 spiro atoms. The number of rotatable bonds is 6. The summed E-state index contributed by atoms with van der Waals surface area (Å²) in [4.78, 5) is 8.96. The van der Waals surface area contributed by atoms with Gasteiger partial charge in [0, 0.05) is 43.3 Å². The Balaban J connectivity index is 0.000000294. The summed E-state index contributed by atoms with van der Waals surface area (Å²) in [7, 11) is -3.69. The normalized spacial score (nSPS) is 11.6. The minimum Gasteiger partial charge on any atom is -0.500 e. The third kappa shape index (κ3) is 7.18. The largest absolute Gasteiger partial charge is 0.500 e. The van der Waals surface area contributed by atoms with E-state index in [-0.39, 0.29) is 20.1 Å². The van der Waals surface area contributed by atoms with Crippen molar-refractivity contribution in [3.63, 3.8) is 0 Å². The fourth-order valence-corrected chi connectivity index (χ4v) is 11.9. The number of fused-ring (bicyclic) bond motifs is 5. The zero-order valence-electron chi connectivity index (χ0n) is 30.8. The van der Waals surface area contributed by atoms with E-state index in [1.54, 1.807) is 6.20 Å². The quantitative estimate of drug-likeness (QED) is 0.0949. The van der Waals surface area contributed by atoms with Gasteiger partial charge >= 0.3 is 0 Å². The third-order valence-corrected chi connectivity index (χ3v) is 16.7. The minimum absolute atomic E-state index is 0. The minimum atomic E-state index is -2.21. The van der Waals surface area contributed by atoms with Crippen molar-refractivity contribution >= 4 is 69.6 Å². The summed E-state index contributed by atoms with van der Waals surface area (Å²) in [6.07, 6.45) is 3.71. The van der Waals surface area contributed by atoms with Crippen molar-refractivity contribution in [2.45, 2.75) is 26.2 Å². The fraction of sp³-hybridized carbons (Fsp3) is 0.0833. The van der Waals surface area contributed by atoms with Crippen LogP contribution < -0.4 is 20.7 Å². The standard InChI is InChI=1S/C37H32NOSi2.C11H8N.Ir/c1-40(2,3)29-22-23-38-35(25-29)34-17-11-16-32-33-20-18-26-24-30(19-21-31(26)36(33)39-37(32)34)41(4,27-12-7-5-8-13-27)28-14-9-6-10-15-28;1-2-6-10(7-3-1)11-8-4-5-9-12-11;/h5-16,18-25H,1-4H3;1-6,8-9H;/q2*-1;. The van der Waals surface area contributed by atoms with E-state index in [0.717, 1.165) is 49.8 Å². The van der Waals surface area contributed by atoms with Crippen LogP contribution in [0, 0.1) is 12.1 Å². The monoisotopic (exact) mass is 909 g/mol. The predicted octanol–water partition coefficient (Wildman–Crippen LogP) is 9.79. The number of pyridine rings is 2. The molecule has 6 aromatic carbocycles. The van der Waals surface area contributed by atoms with Crippen LogP contribution in [0.2, 0.25) is 26.2 Å². The number of hydrogen-bond acceptors (Lipinski definition) is 3. The molecule has 0 aliphatic heterocycles. The molecule has 0 bridgehead atoms. The molecule has 3 heterocycles. The Kier molecular flexibility index (Phi) is 10.7. The van der Waals surface area contributed by atoms with Crippen molar-refractivity contribution in [3.05, 3.63) is 182 Å². The van der Waals surface area contributed by atoms with Crippen LogP contribution in [0.25, 0.3) is 55.2 Å². The molecule has 3 aromatic heterocycles. The number of benzene rings is 6. The van der Waals surface area contributed by atoms with Crippen LogP contribution in [0.15, 0.2) is 175 Å². The van der Waals surface area contributed by atoms with E-state index in [2.05, 4.69) is 152 Å². The van der Waals surface area contributed by atoms with Gasteiger partial charge in [-0.25, -0.2) is 0 Å². The number of nitrogens with zero attached hydrogens (tertiary/aromatic N) is 2. The first-order chi connectivity index (χ1) is 25.8. The van der Waals surface area contributed by atoms with E-state index in [9.17, 15) is 0 Å². The smallest absolute Gasteiger partial charge is 0.145 e. The molecular formula is C48H40IrN2OSi2-2. The molecule has 267 valence electrons. The number of furan rings is 1. The van der Waals surface area contributed by atoms with E-state index in [4.69, 9.17) is 9.40 Å². The average molecular weight is 909 g/mol. The predicted molar refractivity (Wildman–Crippen MR) is 228 cm³/mol. The zero-order chi connectivity index (χ0) is 36.4. The first-order valence-electron chi connectivity index (χ1n) is 18.1. The van der Waals surface area contributed by atoms with Gasteiger partial charge in [0.25, 0.3) is 0 Å². The van der Waals surface area contributed by atoms with Gasteiger partial charge in [0.15, 0.2) is 0 Å². The first kappa shape index (κ1) is 37.1. The fourth-order valence-electron chi connectivity index (χ4n) is 7.18. The van der Waals surface area contributed by atoms with Crippen LogP contribution in [0.1, 0.15) is 0 Å². The summed E-state index contributed by atoms with van der Waals surface area (Å²) in [6.45, 7) is 9.55. The van der Waals surface area contributed by atoms with Crippen LogP contribution in [0.4, 0.5) is 0 Å². The summed E-state index contributed by atoms with van der Waals surface area (Å²) >= 11 is 0. The molecule has 0 atom stereocenters. The molecule has 3 nitrogen and oxygen atoms in total. The molecule has 0 saturated carbocycles. The van der Waals surface area contributed by atoms with Crippen molar-refractivity contribution < 1.29 is 24.5 Å². The van der Waals surface area contributed by atoms with Gasteiger partial charge in [-0.2, -0.15) is 0 Å². The molecule has 9 rings (SSSR count). The van der Waals surface area contributed by atoms with E-state index in [1.165, 1.54) is 26.1 Å². The van der Waals surface area contributed by atoms with Crippen LogP contribution >= 0.6 is 0 Å². The van der Waals surface area contributed by atoms with Crippen molar-refractivity contribution in [1.29, 1.82) is 0 Å². The summed E-state index contributed by atoms with van der Waals surface area (Å²) < 4.78 is 6.72. The second-order valence-electron chi connectivity index (χ2n) is 14.6. The molecule has 0 aliphatic rings. The third-order valence-electron chi connectivity index (χ3n) is 10.2. The molecular weight excluding hydrogens is 869 g/mol. The van der Waals surface area contributed by atoms with Crippen LogP contribution in [0.5, 0.6) is 0 Å². The summed E-state index contributed by atoms with van der Waals surface area (Å²) in [5.74, 6) is 0. The molecule has 1 radical (unpaired) electrons. The summed E-state index contributed by atoms with van der Waals surface area (Å²) in [5.41, 5.74) is 5.64. The summed E-state index contributed by atoms with van der Waals surface area (Å²) in [6, 6.07) is 62.2. The molecule has 0 N–H and O–H groups in total. The van der Waals surface area contributed by atoms with Crippen LogP contribution in [-0.2, 0) is 20.1 Å². The van der Waals surface area contributed by atoms with Gasteiger partial charge in [-0.05, 0) is 44.5 Å². The zero-order valence-corrected chi connectivity index (χ0v) is 35.2. The Hall–Kier alpha value is -5.24. The Morgan fingerprint density at radius 3 is 1.81 bits per heavy atom. The first-order valence-corrected chi connectivity index (χ1v) is 24.1. The number of aromatic nitrogens is 2. The Labute approximate surface area is 333 Å². The molecule has 54 heavy (non-hydrogen) atoms. The molecule has 9 aromatic rings. The molecule has 0 unspecified atom stereocenters. The topological polar surface area (TPSA) is 38.9 Å². The van der Waals surface area contributed by atoms with E-state index in [1.807, 2.05) is 54.7 Å². The second-order valence-corrected chi connectivity index (χ2v) is 23.7. The van der Waals surface area contributed by atoms with Gasteiger partial charge < -0.3 is 14.4 Å². The van der Waals surface area contributed by atoms with Gasteiger partial charge in [-0.3, -0.25) is 0 Å². The van der Waals surface area contributed by atoms with Gasteiger partial charge in [-0.15, -0.1) is 54.1 Å². The van der Waals surface area contributed by atoms with Crippen LogP contribution in [-0.4, -0.2) is 26.1 Å². The van der Waals surface area contributed by atoms with Crippen molar-refractivity contribution in [1.82, 2.24) is 9.97 Å². The molecule has 0 saturated heterocycles.